The van der Waals surface area contributed by atoms with Gasteiger partial charge in [0.2, 0.25) is 5.91 Å². The monoisotopic (exact) mass is 384 g/mol. The van der Waals surface area contributed by atoms with Crippen molar-refractivity contribution in [1.29, 1.82) is 0 Å². The van der Waals surface area contributed by atoms with Crippen LogP contribution in [0.5, 0.6) is 5.75 Å². The maximum atomic E-state index is 12.2. The van der Waals surface area contributed by atoms with Crippen LogP contribution in [0.3, 0.4) is 0 Å². The van der Waals surface area contributed by atoms with Crippen molar-refractivity contribution >= 4 is 35.0 Å². The molecule has 0 radical (unpaired) electrons. The number of hydrogen-bond acceptors (Lipinski definition) is 4. The largest absolute Gasteiger partial charge is 0.497 e. The molecule has 2 rings (SSSR count). The molecule has 0 aromatic heterocycles. The number of rotatable bonds is 8. The van der Waals surface area contributed by atoms with E-state index >= 15 is 0 Å². The molecule has 0 bridgehead atoms. The first kappa shape index (κ1) is 20.6. The van der Waals surface area contributed by atoms with Crippen LogP contribution in [0.15, 0.2) is 60.7 Å². The number of nitrogens with zero attached hydrogens (tertiary/aromatic N) is 1. The van der Waals surface area contributed by atoms with Crippen LogP contribution in [0, 0.1) is 0 Å². The molecule has 0 aliphatic carbocycles. The third kappa shape index (κ3) is 6.84. The van der Waals surface area contributed by atoms with Gasteiger partial charge in [-0.25, -0.2) is 0 Å². The van der Waals surface area contributed by atoms with E-state index in [9.17, 15) is 4.79 Å². The summed E-state index contributed by atoms with van der Waals surface area (Å²) in [5.74, 6) is 0.414. The van der Waals surface area contributed by atoms with Crippen molar-refractivity contribution in [3.05, 3.63) is 66.2 Å². The molecule has 0 fully saturated rings. The standard InChI is InChI=1S/C21H24N2O3S/c1-26-19-11-7-10-18(16-19)23(14-5-6-15-24)21(27)22-20(25)13-12-17-8-3-2-4-9-17/h2-4,7-13,16,24H,5-6,14-15H2,1H3,(H,22,25,27). The van der Waals surface area contributed by atoms with Gasteiger partial charge >= 0.3 is 0 Å². The first-order valence-corrected chi connectivity index (χ1v) is 9.15. The summed E-state index contributed by atoms with van der Waals surface area (Å²) in [7, 11) is 1.60. The molecular weight excluding hydrogens is 360 g/mol. The minimum absolute atomic E-state index is 0.116. The highest BCUT2D eigenvalue weighted by molar-refractivity contribution is 7.80. The number of aliphatic hydroxyl groups is 1. The van der Waals surface area contributed by atoms with E-state index in [1.54, 1.807) is 13.2 Å². The van der Waals surface area contributed by atoms with Crippen molar-refractivity contribution < 1.29 is 14.6 Å². The molecule has 0 saturated heterocycles. The Labute approximate surface area is 165 Å². The zero-order valence-electron chi connectivity index (χ0n) is 15.3. The zero-order valence-corrected chi connectivity index (χ0v) is 16.1. The smallest absolute Gasteiger partial charge is 0.250 e. The average molecular weight is 385 g/mol. The van der Waals surface area contributed by atoms with Gasteiger partial charge in [-0.1, -0.05) is 36.4 Å². The quantitative estimate of drug-likeness (QED) is 0.415. The predicted molar refractivity (Wildman–Crippen MR) is 113 cm³/mol. The third-order valence-corrected chi connectivity index (χ3v) is 4.18. The Morgan fingerprint density at radius 2 is 1.96 bits per heavy atom. The van der Waals surface area contributed by atoms with E-state index in [1.165, 1.54) is 6.08 Å². The minimum Gasteiger partial charge on any atom is -0.497 e. The number of nitrogens with one attached hydrogen (secondary N) is 1. The molecule has 1 amide bonds. The van der Waals surface area contributed by atoms with Crippen LogP contribution >= 0.6 is 12.2 Å². The van der Waals surface area contributed by atoms with Crippen LogP contribution in [0.2, 0.25) is 0 Å². The van der Waals surface area contributed by atoms with Crippen LogP contribution < -0.4 is 15.0 Å². The molecule has 2 aromatic rings. The molecule has 0 unspecified atom stereocenters. The van der Waals surface area contributed by atoms with Crippen molar-refractivity contribution in [3.8, 4) is 5.75 Å². The Hall–Kier alpha value is -2.70. The molecule has 27 heavy (non-hydrogen) atoms. The number of carbonyl (C=O) groups is 1. The molecule has 0 saturated carbocycles. The van der Waals surface area contributed by atoms with E-state index in [-0.39, 0.29) is 12.5 Å². The van der Waals surface area contributed by atoms with Gasteiger partial charge in [-0.2, -0.15) is 0 Å². The molecule has 6 heteroatoms. The van der Waals surface area contributed by atoms with Crippen molar-refractivity contribution in [3.63, 3.8) is 0 Å². The van der Waals surface area contributed by atoms with Gasteiger partial charge in [-0.3, -0.25) is 10.1 Å². The lowest BCUT2D eigenvalue weighted by molar-refractivity contribution is -0.115. The summed E-state index contributed by atoms with van der Waals surface area (Å²) in [4.78, 5) is 14.1. The highest BCUT2D eigenvalue weighted by Gasteiger charge is 2.14. The van der Waals surface area contributed by atoms with Crippen molar-refractivity contribution in [2.75, 3.05) is 25.2 Å². The number of amides is 1. The van der Waals surface area contributed by atoms with Gasteiger partial charge in [-0.15, -0.1) is 0 Å². The second-order valence-electron chi connectivity index (χ2n) is 5.82. The van der Waals surface area contributed by atoms with Crippen LogP contribution in [-0.4, -0.2) is 36.4 Å². The second kappa shape index (κ2) is 11.1. The van der Waals surface area contributed by atoms with E-state index in [1.807, 2.05) is 59.5 Å². The Morgan fingerprint density at radius 1 is 1.19 bits per heavy atom. The van der Waals surface area contributed by atoms with Gasteiger partial charge in [0.25, 0.3) is 0 Å². The molecule has 0 spiro atoms. The molecule has 142 valence electrons. The van der Waals surface area contributed by atoms with E-state index in [0.29, 0.717) is 23.8 Å². The van der Waals surface area contributed by atoms with E-state index < -0.39 is 0 Å². The summed E-state index contributed by atoms with van der Waals surface area (Å²) >= 11 is 5.45. The Kier molecular flexibility index (Phi) is 8.48. The molecule has 2 N–H and O–H groups in total. The second-order valence-corrected chi connectivity index (χ2v) is 6.21. The van der Waals surface area contributed by atoms with Gasteiger partial charge < -0.3 is 14.7 Å². The van der Waals surface area contributed by atoms with Crippen LogP contribution in [0.4, 0.5) is 5.69 Å². The van der Waals surface area contributed by atoms with E-state index in [4.69, 9.17) is 22.1 Å². The normalized spacial score (nSPS) is 10.6. The summed E-state index contributed by atoms with van der Waals surface area (Å²) in [6, 6.07) is 17.1. The lowest BCUT2D eigenvalue weighted by Crippen LogP contribution is -2.42. The highest BCUT2D eigenvalue weighted by Crippen LogP contribution is 2.21. The summed E-state index contributed by atoms with van der Waals surface area (Å²) in [6.07, 6.45) is 4.59. The number of benzene rings is 2. The van der Waals surface area contributed by atoms with Gasteiger partial charge in [0, 0.05) is 31.0 Å². The first-order valence-electron chi connectivity index (χ1n) is 8.74. The Bertz CT molecular complexity index is 778. The average Bonchev–Trinajstić information content (AvgIpc) is 2.70. The molecule has 2 aromatic carbocycles. The number of methoxy groups -OCH3 is 1. The molecule has 0 aliphatic heterocycles. The maximum Gasteiger partial charge on any atom is 0.250 e. The topological polar surface area (TPSA) is 61.8 Å². The summed E-state index contributed by atoms with van der Waals surface area (Å²) in [5.41, 5.74) is 1.76. The van der Waals surface area contributed by atoms with Gasteiger partial charge in [0.1, 0.15) is 5.75 Å². The van der Waals surface area contributed by atoms with Crippen LogP contribution in [-0.2, 0) is 4.79 Å². The van der Waals surface area contributed by atoms with Crippen LogP contribution in [0.25, 0.3) is 6.08 Å². The summed E-state index contributed by atoms with van der Waals surface area (Å²) < 4.78 is 5.27. The van der Waals surface area contributed by atoms with Crippen molar-refractivity contribution in [1.82, 2.24) is 5.32 Å². The molecule has 0 heterocycles. The number of anilines is 1. The van der Waals surface area contributed by atoms with E-state index in [2.05, 4.69) is 5.32 Å². The molecule has 5 nitrogen and oxygen atoms in total. The number of thiocarbonyl (C=S) groups is 1. The number of hydrogen-bond donors (Lipinski definition) is 2. The minimum atomic E-state index is -0.293. The maximum absolute atomic E-state index is 12.2. The Balaban J connectivity index is 2.08. The first-order chi connectivity index (χ1) is 13.1. The molecule has 0 atom stereocenters. The van der Waals surface area contributed by atoms with Crippen molar-refractivity contribution in [2.45, 2.75) is 12.8 Å². The predicted octanol–water partition coefficient (Wildman–Crippen LogP) is 3.39. The highest BCUT2D eigenvalue weighted by atomic mass is 32.1. The number of carbonyl (C=O) groups excluding carboxylic acids is 1. The molecule has 0 aliphatic rings. The summed E-state index contributed by atoms with van der Waals surface area (Å²) in [5, 5.41) is 12.1. The number of aliphatic hydroxyl groups excluding tert-OH is 1. The van der Waals surface area contributed by atoms with Gasteiger partial charge in [0.05, 0.1) is 7.11 Å². The Morgan fingerprint density at radius 3 is 2.67 bits per heavy atom. The third-order valence-electron chi connectivity index (χ3n) is 3.86. The lowest BCUT2D eigenvalue weighted by Gasteiger charge is -2.25. The zero-order chi connectivity index (χ0) is 19.5. The SMILES string of the molecule is COc1cccc(N(CCCCO)C(=S)NC(=O)C=Cc2ccccc2)c1. The number of unbranched alkanes of at least 4 members (excludes halogenated alkanes) is 1. The van der Waals surface area contributed by atoms with Gasteiger partial charge in [-0.05, 0) is 48.8 Å². The van der Waals surface area contributed by atoms with Gasteiger partial charge in [0.15, 0.2) is 5.11 Å². The number of ether oxygens (including phenoxy) is 1. The van der Waals surface area contributed by atoms with Crippen LogP contribution in [0.1, 0.15) is 18.4 Å². The summed E-state index contributed by atoms with van der Waals surface area (Å²) in [6.45, 7) is 0.695. The van der Waals surface area contributed by atoms with E-state index in [0.717, 1.165) is 17.7 Å². The fourth-order valence-corrected chi connectivity index (χ4v) is 2.76. The fraction of sp³-hybridized carbons (Fsp3) is 0.238. The van der Waals surface area contributed by atoms with Crippen molar-refractivity contribution in [2.24, 2.45) is 0 Å². The lowest BCUT2D eigenvalue weighted by atomic mass is 10.2. The molecular formula is C21H24N2O3S. The fourth-order valence-electron chi connectivity index (χ4n) is 2.46.